The third-order valence-corrected chi connectivity index (χ3v) is 3.18. The Balaban J connectivity index is 2.60. The van der Waals surface area contributed by atoms with Crippen LogP contribution in [0.25, 0.3) is 11.1 Å². The number of aryl methyl sites for hydroxylation is 1. The number of H-pyrrole nitrogens is 1. The van der Waals surface area contributed by atoms with Crippen molar-refractivity contribution in [3.63, 3.8) is 0 Å². The van der Waals surface area contributed by atoms with Crippen molar-refractivity contribution in [3.05, 3.63) is 51.4 Å². The molecule has 0 amide bonds. The maximum atomic E-state index is 11.9. The summed E-state index contributed by atoms with van der Waals surface area (Å²) in [5.74, 6) is 0.598. The van der Waals surface area contributed by atoms with Crippen LogP contribution in [0.4, 0.5) is 0 Å². The average molecular weight is 298 g/mol. The van der Waals surface area contributed by atoms with Gasteiger partial charge in [-0.1, -0.05) is 6.07 Å². The molecule has 22 heavy (non-hydrogen) atoms. The first-order chi connectivity index (χ1) is 10.5. The molecule has 0 bridgehead atoms. The molecule has 5 nitrogen and oxygen atoms in total. The quantitative estimate of drug-likeness (QED) is 0.908. The van der Waals surface area contributed by atoms with E-state index in [0.29, 0.717) is 28.1 Å². The van der Waals surface area contributed by atoms with Crippen LogP contribution in [-0.2, 0) is 6.61 Å². The molecule has 1 aromatic heterocycles. The standard InChI is InChI=1S/C17H18N2O3/c1-10(2)22-16-5-4-12(7-13(16)9-20)14-6-11(3)19-17(21)15(14)8-18/h4-7,10,20H,9H2,1-3H3,(H,19,21). The van der Waals surface area contributed by atoms with E-state index in [-0.39, 0.29) is 18.3 Å². The van der Waals surface area contributed by atoms with E-state index in [1.165, 1.54) is 0 Å². The molecule has 5 heteroatoms. The number of aromatic nitrogens is 1. The van der Waals surface area contributed by atoms with E-state index >= 15 is 0 Å². The minimum atomic E-state index is -0.412. The van der Waals surface area contributed by atoms with Crippen LogP contribution in [-0.4, -0.2) is 16.2 Å². The number of rotatable bonds is 4. The highest BCUT2D eigenvalue weighted by atomic mass is 16.5. The molecule has 2 aromatic rings. The van der Waals surface area contributed by atoms with Gasteiger partial charge in [-0.2, -0.15) is 5.26 Å². The molecule has 114 valence electrons. The zero-order valence-electron chi connectivity index (χ0n) is 12.8. The van der Waals surface area contributed by atoms with Crippen LogP contribution in [0.15, 0.2) is 29.1 Å². The molecular weight excluding hydrogens is 280 g/mol. The van der Waals surface area contributed by atoms with E-state index in [2.05, 4.69) is 4.98 Å². The number of aliphatic hydroxyl groups is 1. The fraction of sp³-hybridized carbons (Fsp3) is 0.294. The van der Waals surface area contributed by atoms with Crippen molar-refractivity contribution >= 4 is 0 Å². The maximum absolute atomic E-state index is 11.9. The Morgan fingerprint density at radius 3 is 2.68 bits per heavy atom. The number of nitrogens with zero attached hydrogens (tertiary/aromatic N) is 1. The predicted molar refractivity (Wildman–Crippen MR) is 83.6 cm³/mol. The number of nitrogens with one attached hydrogen (secondary N) is 1. The SMILES string of the molecule is Cc1cc(-c2ccc(OC(C)C)c(CO)c2)c(C#N)c(=O)[nH]1. The lowest BCUT2D eigenvalue weighted by molar-refractivity contribution is 0.225. The fourth-order valence-corrected chi connectivity index (χ4v) is 2.27. The molecule has 0 radical (unpaired) electrons. The molecule has 0 saturated carbocycles. The fourth-order valence-electron chi connectivity index (χ4n) is 2.27. The monoisotopic (exact) mass is 298 g/mol. The number of nitriles is 1. The van der Waals surface area contributed by atoms with Crippen molar-refractivity contribution in [1.82, 2.24) is 4.98 Å². The Bertz CT molecular complexity index is 785. The van der Waals surface area contributed by atoms with Gasteiger partial charge in [0.1, 0.15) is 17.4 Å². The Labute approximate surface area is 128 Å². The predicted octanol–water partition coefficient (Wildman–Crippen LogP) is 2.50. The van der Waals surface area contributed by atoms with Gasteiger partial charge in [0.05, 0.1) is 12.7 Å². The lowest BCUT2D eigenvalue weighted by Gasteiger charge is -2.15. The van der Waals surface area contributed by atoms with Crippen molar-refractivity contribution in [2.24, 2.45) is 0 Å². The summed E-state index contributed by atoms with van der Waals surface area (Å²) >= 11 is 0. The van der Waals surface area contributed by atoms with Gasteiger partial charge in [0, 0.05) is 16.8 Å². The van der Waals surface area contributed by atoms with Gasteiger partial charge in [-0.15, -0.1) is 0 Å². The summed E-state index contributed by atoms with van der Waals surface area (Å²) in [5, 5.41) is 18.7. The van der Waals surface area contributed by atoms with Gasteiger partial charge in [0.15, 0.2) is 0 Å². The zero-order chi connectivity index (χ0) is 16.3. The Morgan fingerprint density at radius 2 is 2.09 bits per heavy atom. The minimum absolute atomic E-state index is 0.00682. The van der Waals surface area contributed by atoms with Gasteiger partial charge in [0.2, 0.25) is 0 Å². The van der Waals surface area contributed by atoms with Gasteiger partial charge < -0.3 is 14.8 Å². The minimum Gasteiger partial charge on any atom is -0.491 e. The lowest BCUT2D eigenvalue weighted by atomic mass is 9.99. The summed E-state index contributed by atoms with van der Waals surface area (Å²) in [6.07, 6.45) is -0.00682. The van der Waals surface area contributed by atoms with E-state index in [1.807, 2.05) is 19.9 Å². The summed E-state index contributed by atoms with van der Waals surface area (Å²) in [6, 6.07) is 8.96. The van der Waals surface area contributed by atoms with Crippen LogP contribution in [0.3, 0.4) is 0 Å². The van der Waals surface area contributed by atoms with Crippen molar-refractivity contribution in [3.8, 4) is 22.9 Å². The highest BCUT2D eigenvalue weighted by molar-refractivity contribution is 5.71. The van der Waals surface area contributed by atoms with Crippen LogP contribution in [0.1, 0.15) is 30.7 Å². The lowest BCUT2D eigenvalue weighted by Crippen LogP contribution is -2.13. The van der Waals surface area contributed by atoms with Crippen LogP contribution >= 0.6 is 0 Å². The molecule has 0 aliphatic heterocycles. The Hall–Kier alpha value is -2.58. The van der Waals surface area contributed by atoms with Gasteiger partial charge >= 0.3 is 0 Å². The van der Waals surface area contributed by atoms with E-state index in [0.717, 1.165) is 0 Å². The van der Waals surface area contributed by atoms with Crippen LogP contribution < -0.4 is 10.3 Å². The van der Waals surface area contributed by atoms with Crippen LogP contribution in [0.5, 0.6) is 5.75 Å². The topological polar surface area (TPSA) is 86.1 Å². The number of aromatic amines is 1. The molecule has 0 spiro atoms. The highest BCUT2D eigenvalue weighted by Gasteiger charge is 2.13. The first kappa shape index (κ1) is 15.8. The molecule has 0 unspecified atom stereocenters. The number of hydrogen-bond donors (Lipinski definition) is 2. The number of hydrogen-bond acceptors (Lipinski definition) is 4. The molecule has 2 N–H and O–H groups in total. The number of aliphatic hydroxyl groups excluding tert-OH is 1. The molecular formula is C17H18N2O3. The molecule has 1 heterocycles. The normalized spacial score (nSPS) is 10.5. The Morgan fingerprint density at radius 1 is 1.36 bits per heavy atom. The highest BCUT2D eigenvalue weighted by Crippen LogP contribution is 2.28. The van der Waals surface area contributed by atoms with Gasteiger partial charge in [-0.05, 0) is 44.5 Å². The molecule has 0 fully saturated rings. The zero-order valence-corrected chi connectivity index (χ0v) is 12.8. The van der Waals surface area contributed by atoms with E-state index < -0.39 is 5.56 Å². The van der Waals surface area contributed by atoms with Gasteiger partial charge in [0.25, 0.3) is 5.56 Å². The molecule has 0 aliphatic carbocycles. The summed E-state index contributed by atoms with van der Waals surface area (Å²) in [7, 11) is 0. The summed E-state index contributed by atoms with van der Waals surface area (Å²) < 4.78 is 5.64. The number of benzene rings is 1. The van der Waals surface area contributed by atoms with E-state index in [4.69, 9.17) is 4.74 Å². The van der Waals surface area contributed by atoms with Gasteiger partial charge in [-0.25, -0.2) is 0 Å². The van der Waals surface area contributed by atoms with Crippen molar-refractivity contribution in [1.29, 1.82) is 5.26 Å². The molecule has 0 saturated heterocycles. The van der Waals surface area contributed by atoms with Crippen molar-refractivity contribution in [2.45, 2.75) is 33.5 Å². The molecule has 0 atom stereocenters. The van der Waals surface area contributed by atoms with E-state index in [9.17, 15) is 15.2 Å². The second-order valence-electron chi connectivity index (χ2n) is 5.33. The average Bonchev–Trinajstić information content (AvgIpc) is 2.46. The number of ether oxygens (including phenoxy) is 1. The second-order valence-corrected chi connectivity index (χ2v) is 5.33. The molecule has 2 rings (SSSR count). The summed E-state index contributed by atoms with van der Waals surface area (Å²) in [5.41, 5.74) is 2.19. The summed E-state index contributed by atoms with van der Waals surface area (Å²) in [6.45, 7) is 5.39. The van der Waals surface area contributed by atoms with E-state index in [1.54, 1.807) is 31.2 Å². The van der Waals surface area contributed by atoms with Crippen LogP contribution in [0.2, 0.25) is 0 Å². The molecule has 1 aromatic carbocycles. The third-order valence-electron chi connectivity index (χ3n) is 3.18. The summed E-state index contributed by atoms with van der Waals surface area (Å²) in [4.78, 5) is 14.5. The maximum Gasteiger partial charge on any atom is 0.266 e. The smallest absolute Gasteiger partial charge is 0.266 e. The first-order valence-corrected chi connectivity index (χ1v) is 7.01. The third kappa shape index (κ3) is 3.18. The van der Waals surface area contributed by atoms with Gasteiger partial charge in [-0.3, -0.25) is 4.79 Å². The van der Waals surface area contributed by atoms with Crippen molar-refractivity contribution in [2.75, 3.05) is 0 Å². The molecule has 0 aliphatic rings. The number of pyridine rings is 1. The van der Waals surface area contributed by atoms with Crippen molar-refractivity contribution < 1.29 is 9.84 Å². The Kier molecular flexibility index (Phi) is 4.64. The second kappa shape index (κ2) is 6.46. The largest absolute Gasteiger partial charge is 0.491 e. The van der Waals surface area contributed by atoms with Crippen LogP contribution in [0, 0.1) is 18.3 Å². The first-order valence-electron chi connectivity index (χ1n) is 7.01.